The van der Waals surface area contributed by atoms with Gasteiger partial charge in [0.2, 0.25) is 16.0 Å². The lowest BCUT2D eigenvalue weighted by Gasteiger charge is -2.25. The summed E-state index contributed by atoms with van der Waals surface area (Å²) in [7, 11) is -0.537. The van der Waals surface area contributed by atoms with E-state index in [0.717, 1.165) is 29.5 Å². The van der Waals surface area contributed by atoms with E-state index < -0.39 is 10.0 Å². The quantitative estimate of drug-likeness (QED) is 0.319. The van der Waals surface area contributed by atoms with Crippen LogP contribution in [0.2, 0.25) is 0 Å². The average molecular weight is 542 g/mol. The number of nitrogens with zero attached hydrogens (tertiary/aromatic N) is 4. The summed E-state index contributed by atoms with van der Waals surface area (Å²) in [6.07, 6.45) is 9.13. The molecule has 1 fully saturated rings. The van der Waals surface area contributed by atoms with Gasteiger partial charge in [0.25, 0.3) is 0 Å². The Hall–Kier alpha value is -3.33. The molecule has 1 atom stereocenters. The number of aromatic nitrogens is 2. The van der Waals surface area contributed by atoms with Gasteiger partial charge in [0.05, 0.1) is 10.4 Å². The Morgan fingerprint density at radius 2 is 1.64 bits per heavy atom. The van der Waals surface area contributed by atoms with Crippen LogP contribution in [0.15, 0.2) is 71.8 Å². The fourth-order valence-corrected chi connectivity index (χ4v) is 7.11. The lowest BCUT2D eigenvalue weighted by Crippen LogP contribution is -2.32. The van der Waals surface area contributed by atoms with Crippen LogP contribution in [0.4, 0.5) is 11.6 Å². The molecule has 0 bridgehead atoms. The van der Waals surface area contributed by atoms with Crippen LogP contribution in [0.3, 0.4) is 0 Å². The molecular weight excluding hydrogens is 506 g/mol. The van der Waals surface area contributed by atoms with Crippen molar-refractivity contribution in [2.24, 2.45) is 0 Å². The summed E-state index contributed by atoms with van der Waals surface area (Å²) in [5, 5.41) is 4.27. The van der Waals surface area contributed by atoms with Crippen molar-refractivity contribution < 1.29 is 8.42 Å². The first kappa shape index (κ1) is 25.9. The third kappa shape index (κ3) is 5.16. The maximum Gasteiger partial charge on any atom is 0.243 e. The minimum Gasteiger partial charge on any atom is -0.324 e. The highest BCUT2D eigenvalue weighted by atomic mass is 32.2. The number of hydrogen-bond donors (Lipinski definition) is 1. The van der Waals surface area contributed by atoms with E-state index in [9.17, 15) is 8.42 Å². The maximum atomic E-state index is 13.1. The second kappa shape index (κ2) is 10.7. The Labute approximate surface area is 230 Å². The number of rotatable bonds is 6. The molecule has 2 aliphatic rings. The molecule has 6 rings (SSSR count). The lowest BCUT2D eigenvalue weighted by atomic mass is 10.0. The second-order valence-corrected chi connectivity index (χ2v) is 12.9. The largest absolute Gasteiger partial charge is 0.324 e. The van der Waals surface area contributed by atoms with Crippen molar-refractivity contribution in [2.75, 3.05) is 32.5 Å². The molecule has 0 radical (unpaired) electrons. The number of fused-ring (bicyclic) bond motifs is 2. The van der Waals surface area contributed by atoms with Crippen LogP contribution >= 0.6 is 0 Å². The van der Waals surface area contributed by atoms with E-state index in [-0.39, 0.29) is 4.90 Å². The predicted octanol–water partition coefficient (Wildman–Crippen LogP) is 5.63. The molecule has 1 aliphatic heterocycles. The van der Waals surface area contributed by atoms with E-state index in [0.29, 0.717) is 23.1 Å². The zero-order valence-electron chi connectivity index (χ0n) is 22.6. The van der Waals surface area contributed by atoms with Crippen LogP contribution in [0.1, 0.15) is 36.8 Å². The smallest absolute Gasteiger partial charge is 0.243 e. The monoisotopic (exact) mass is 541 g/mol. The highest BCUT2D eigenvalue weighted by Crippen LogP contribution is 2.34. The second-order valence-electron chi connectivity index (χ2n) is 10.8. The Morgan fingerprint density at radius 3 is 2.44 bits per heavy atom. The fourth-order valence-electron chi connectivity index (χ4n) is 6.01. The van der Waals surface area contributed by atoms with Gasteiger partial charge in [-0.3, -0.25) is 0 Å². The highest BCUT2D eigenvalue weighted by Gasteiger charge is 2.25. The zero-order valence-corrected chi connectivity index (χ0v) is 23.4. The Balaban J connectivity index is 1.30. The highest BCUT2D eigenvalue weighted by molar-refractivity contribution is 7.89. The average Bonchev–Trinajstić information content (AvgIpc) is 3.40. The third-order valence-electron chi connectivity index (χ3n) is 8.16. The van der Waals surface area contributed by atoms with Gasteiger partial charge < -0.3 is 10.2 Å². The number of anilines is 2. The molecular formula is C31H35N5O2S. The third-order valence-corrected chi connectivity index (χ3v) is 10.0. The molecule has 4 aromatic rings. The molecule has 0 amide bonds. The van der Waals surface area contributed by atoms with Gasteiger partial charge in [0.1, 0.15) is 0 Å². The van der Waals surface area contributed by atoms with Crippen molar-refractivity contribution in [3.63, 3.8) is 0 Å². The number of sulfonamides is 1. The van der Waals surface area contributed by atoms with Crippen LogP contribution in [-0.2, 0) is 22.9 Å². The number of nitrogens with one attached hydrogen (secondary N) is 1. The standard InChI is InChI=1S/C31H35N5O2S/c1-35(2)39(37,38)29-11-4-3-9-27(29)28-10-7-8-24-21-32-31(34-30(24)28)33-25-15-12-22-13-16-26(17-14-23(22)20-25)36-18-5-6-19-36/h3-4,7-12,15,20-21,26H,5-6,13-14,16-19H2,1-2H3,(H,32,33,34)/t26-/m0/s1. The number of likely N-dealkylation sites (tertiary alicyclic amines) is 1. The summed E-state index contributed by atoms with van der Waals surface area (Å²) in [5.41, 5.74) is 5.92. The number of benzene rings is 3. The predicted molar refractivity (Wildman–Crippen MR) is 157 cm³/mol. The van der Waals surface area contributed by atoms with E-state index in [1.54, 1.807) is 32.4 Å². The van der Waals surface area contributed by atoms with Crippen LogP contribution in [0.5, 0.6) is 0 Å². The minimum atomic E-state index is -3.63. The van der Waals surface area contributed by atoms with Crippen molar-refractivity contribution >= 4 is 32.6 Å². The van der Waals surface area contributed by atoms with E-state index in [1.807, 2.05) is 30.3 Å². The van der Waals surface area contributed by atoms with Gasteiger partial charge in [-0.1, -0.05) is 42.5 Å². The first-order valence-electron chi connectivity index (χ1n) is 13.8. The van der Waals surface area contributed by atoms with E-state index in [2.05, 4.69) is 33.4 Å². The van der Waals surface area contributed by atoms with Gasteiger partial charge >= 0.3 is 0 Å². The lowest BCUT2D eigenvalue weighted by molar-refractivity contribution is 0.222. The van der Waals surface area contributed by atoms with Gasteiger partial charge in [0, 0.05) is 48.5 Å². The summed E-state index contributed by atoms with van der Waals surface area (Å²) in [5.74, 6) is 0.492. The summed E-state index contributed by atoms with van der Waals surface area (Å²) in [6.45, 7) is 2.50. The SMILES string of the molecule is CN(C)S(=O)(=O)c1ccccc1-c1cccc2cnc(Nc3ccc4c(c3)CC[C@@H](N3CCCC3)CC4)nc12. The van der Waals surface area contributed by atoms with Crippen molar-refractivity contribution in [3.05, 3.63) is 78.0 Å². The molecule has 0 unspecified atom stereocenters. The molecule has 39 heavy (non-hydrogen) atoms. The van der Waals surface area contributed by atoms with Crippen molar-refractivity contribution in [3.8, 4) is 11.1 Å². The molecule has 2 heterocycles. The van der Waals surface area contributed by atoms with Crippen LogP contribution < -0.4 is 5.32 Å². The fraction of sp³-hybridized carbons (Fsp3) is 0.355. The molecule has 7 nitrogen and oxygen atoms in total. The van der Waals surface area contributed by atoms with Gasteiger partial charge in [0.15, 0.2) is 0 Å². The molecule has 0 saturated carbocycles. The summed E-state index contributed by atoms with van der Waals surface area (Å²) in [6, 6.07) is 20.2. The van der Waals surface area contributed by atoms with Crippen LogP contribution in [-0.4, -0.2) is 60.8 Å². The molecule has 1 N–H and O–H groups in total. The summed E-state index contributed by atoms with van der Waals surface area (Å²) >= 11 is 0. The van der Waals surface area contributed by atoms with E-state index in [1.165, 1.54) is 54.2 Å². The van der Waals surface area contributed by atoms with Gasteiger partial charge in [-0.05, 0) is 80.9 Å². The Bertz CT molecular complexity index is 1610. The number of hydrogen-bond acceptors (Lipinski definition) is 6. The first-order chi connectivity index (χ1) is 18.9. The normalized spacial score (nSPS) is 18.3. The van der Waals surface area contributed by atoms with E-state index >= 15 is 0 Å². The molecule has 0 spiro atoms. The van der Waals surface area contributed by atoms with Gasteiger partial charge in [-0.25, -0.2) is 22.7 Å². The van der Waals surface area contributed by atoms with Crippen LogP contribution in [0.25, 0.3) is 22.0 Å². The van der Waals surface area contributed by atoms with Crippen molar-refractivity contribution in [1.29, 1.82) is 0 Å². The topological polar surface area (TPSA) is 78.4 Å². The maximum absolute atomic E-state index is 13.1. The molecule has 1 aromatic heterocycles. The Kier molecular flexibility index (Phi) is 7.10. The van der Waals surface area contributed by atoms with Crippen molar-refractivity contribution in [2.45, 2.75) is 49.5 Å². The molecule has 1 saturated heterocycles. The van der Waals surface area contributed by atoms with Gasteiger partial charge in [-0.15, -0.1) is 0 Å². The molecule has 8 heteroatoms. The summed E-state index contributed by atoms with van der Waals surface area (Å²) in [4.78, 5) is 12.4. The first-order valence-corrected chi connectivity index (χ1v) is 15.2. The Morgan fingerprint density at radius 1 is 0.897 bits per heavy atom. The summed E-state index contributed by atoms with van der Waals surface area (Å²) < 4.78 is 27.4. The van der Waals surface area contributed by atoms with Crippen LogP contribution in [0, 0.1) is 0 Å². The van der Waals surface area contributed by atoms with Crippen molar-refractivity contribution in [1.82, 2.24) is 19.2 Å². The van der Waals surface area contributed by atoms with Gasteiger partial charge in [-0.2, -0.15) is 0 Å². The zero-order chi connectivity index (χ0) is 27.0. The minimum absolute atomic E-state index is 0.258. The number of aryl methyl sites for hydroxylation is 2. The van der Waals surface area contributed by atoms with E-state index in [4.69, 9.17) is 4.98 Å². The molecule has 3 aromatic carbocycles. The molecule has 202 valence electrons. The number of para-hydroxylation sites is 1. The molecule has 1 aliphatic carbocycles.